The molecule has 7 heteroatoms. The van der Waals surface area contributed by atoms with Crippen molar-refractivity contribution < 1.29 is 8.42 Å². The van der Waals surface area contributed by atoms with Crippen LogP contribution in [0.1, 0.15) is 24.0 Å². The van der Waals surface area contributed by atoms with Crippen LogP contribution in [-0.4, -0.2) is 37.9 Å². The highest BCUT2D eigenvalue weighted by Crippen LogP contribution is 2.22. The highest BCUT2D eigenvalue weighted by molar-refractivity contribution is 7.89. The predicted octanol–water partition coefficient (Wildman–Crippen LogP) is 3.23. The molecule has 5 nitrogen and oxygen atoms in total. The zero-order valence-electron chi connectivity index (χ0n) is 14.9. The van der Waals surface area contributed by atoms with Gasteiger partial charge < -0.3 is 0 Å². The Labute approximate surface area is 160 Å². The largest absolute Gasteiger partial charge is 0.299 e. The Bertz CT molecular complexity index is 835. The van der Waals surface area contributed by atoms with Gasteiger partial charge in [0.1, 0.15) is 0 Å². The average molecular weight is 394 g/mol. The second-order valence-electron chi connectivity index (χ2n) is 6.84. The molecule has 1 aromatic heterocycles. The molecule has 1 N–H and O–H groups in total. The Balaban J connectivity index is 1.51. The molecule has 140 valence electrons. The van der Waals surface area contributed by atoms with Crippen LogP contribution >= 0.6 is 11.6 Å². The van der Waals surface area contributed by atoms with Gasteiger partial charge in [0.2, 0.25) is 10.0 Å². The second-order valence-corrected chi connectivity index (χ2v) is 9.01. The van der Waals surface area contributed by atoms with Crippen LogP contribution < -0.4 is 4.72 Å². The lowest BCUT2D eigenvalue weighted by Crippen LogP contribution is -2.38. The van der Waals surface area contributed by atoms with Crippen molar-refractivity contribution in [1.29, 1.82) is 0 Å². The third-order valence-electron chi connectivity index (χ3n) is 4.84. The molecule has 0 saturated carbocycles. The first-order valence-corrected chi connectivity index (χ1v) is 10.7. The maximum Gasteiger partial charge on any atom is 0.240 e. The topological polar surface area (TPSA) is 62.3 Å². The van der Waals surface area contributed by atoms with E-state index in [9.17, 15) is 8.42 Å². The van der Waals surface area contributed by atoms with Gasteiger partial charge in [-0.15, -0.1) is 0 Å². The molecule has 26 heavy (non-hydrogen) atoms. The van der Waals surface area contributed by atoms with Crippen LogP contribution in [0.25, 0.3) is 0 Å². The monoisotopic (exact) mass is 393 g/mol. The maximum atomic E-state index is 12.6. The van der Waals surface area contributed by atoms with Gasteiger partial charge in [0.25, 0.3) is 0 Å². The molecule has 2 heterocycles. The van der Waals surface area contributed by atoms with Crippen molar-refractivity contribution in [3.05, 3.63) is 58.9 Å². The zero-order valence-corrected chi connectivity index (χ0v) is 16.4. The van der Waals surface area contributed by atoms with Crippen molar-refractivity contribution in [3.63, 3.8) is 0 Å². The number of pyridine rings is 1. The third-order valence-corrected chi connectivity index (χ3v) is 6.64. The lowest BCUT2D eigenvalue weighted by molar-refractivity contribution is 0.178. The van der Waals surface area contributed by atoms with Crippen molar-refractivity contribution in [2.45, 2.75) is 31.2 Å². The number of aromatic nitrogens is 1. The summed E-state index contributed by atoms with van der Waals surface area (Å²) in [6, 6.07) is 8.98. The number of sulfonamides is 1. The van der Waals surface area contributed by atoms with Crippen molar-refractivity contribution in [3.8, 4) is 0 Å². The molecule has 0 unspecified atom stereocenters. The Hall–Kier alpha value is -1.47. The fourth-order valence-corrected chi connectivity index (χ4v) is 4.89. The summed E-state index contributed by atoms with van der Waals surface area (Å²) in [4.78, 5) is 6.81. The van der Waals surface area contributed by atoms with Crippen LogP contribution in [0.2, 0.25) is 5.02 Å². The predicted molar refractivity (Wildman–Crippen MR) is 104 cm³/mol. The Morgan fingerprint density at radius 3 is 2.73 bits per heavy atom. The highest BCUT2D eigenvalue weighted by atomic mass is 35.5. The molecule has 2 aromatic rings. The first kappa shape index (κ1) is 19.3. The second kappa shape index (κ2) is 8.48. The minimum Gasteiger partial charge on any atom is -0.299 e. The first-order valence-electron chi connectivity index (χ1n) is 8.81. The van der Waals surface area contributed by atoms with Crippen molar-refractivity contribution in [2.75, 3.05) is 19.6 Å². The van der Waals surface area contributed by atoms with Crippen LogP contribution in [0.4, 0.5) is 0 Å². The summed E-state index contributed by atoms with van der Waals surface area (Å²) < 4.78 is 27.9. The molecule has 1 aromatic carbocycles. The maximum absolute atomic E-state index is 12.6. The number of halogens is 1. The molecule has 3 rings (SSSR count). The number of likely N-dealkylation sites (tertiary alicyclic amines) is 1. The molecule has 0 radical (unpaired) electrons. The number of hydrogen-bond donors (Lipinski definition) is 1. The van der Waals surface area contributed by atoms with Gasteiger partial charge in [-0.3, -0.25) is 9.88 Å². The van der Waals surface area contributed by atoms with Gasteiger partial charge in [0.05, 0.1) is 4.90 Å². The van der Waals surface area contributed by atoms with Crippen molar-refractivity contribution >= 4 is 21.6 Å². The van der Waals surface area contributed by atoms with Crippen molar-refractivity contribution in [2.24, 2.45) is 5.92 Å². The lowest BCUT2D eigenvalue weighted by atomic mass is 9.97. The van der Waals surface area contributed by atoms with Gasteiger partial charge in [-0.1, -0.05) is 23.7 Å². The van der Waals surface area contributed by atoms with Gasteiger partial charge >= 0.3 is 0 Å². The number of aryl methyl sites for hydroxylation is 1. The standard InChI is InChI=1S/C19H24ClN3O2S/c1-15-4-5-18(20)11-19(15)26(24,25)22-13-16-6-9-23(10-7-16)14-17-3-2-8-21-12-17/h2-5,8,11-12,16,22H,6-7,9-10,13-14H2,1H3. The zero-order chi connectivity index (χ0) is 18.6. The molecule has 1 aliphatic rings. The molecule has 1 fully saturated rings. The number of piperidine rings is 1. The summed E-state index contributed by atoms with van der Waals surface area (Å²) in [5, 5.41) is 0.430. The van der Waals surface area contributed by atoms with Crippen LogP contribution in [0.15, 0.2) is 47.6 Å². The molecule has 1 saturated heterocycles. The Kier molecular flexibility index (Phi) is 6.29. The normalized spacial score (nSPS) is 16.7. The van der Waals surface area contributed by atoms with Gasteiger partial charge in [0.15, 0.2) is 0 Å². The van der Waals surface area contributed by atoms with E-state index >= 15 is 0 Å². The molecule has 0 spiro atoms. The van der Waals surface area contributed by atoms with E-state index in [1.807, 2.05) is 12.3 Å². The molecule has 1 aliphatic heterocycles. The van der Waals surface area contributed by atoms with E-state index < -0.39 is 10.0 Å². The summed E-state index contributed by atoms with van der Waals surface area (Å²) in [6.07, 6.45) is 5.64. The lowest BCUT2D eigenvalue weighted by Gasteiger charge is -2.32. The van der Waals surface area contributed by atoms with Gasteiger partial charge in [0, 0.05) is 30.5 Å². The van der Waals surface area contributed by atoms with E-state index in [2.05, 4.69) is 20.7 Å². The minimum absolute atomic E-state index is 0.263. The third kappa shape index (κ3) is 5.04. The van der Waals surface area contributed by atoms with Crippen LogP contribution in [-0.2, 0) is 16.6 Å². The van der Waals surface area contributed by atoms with E-state index in [1.54, 1.807) is 25.3 Å². The van der Waals surface area contributed by atoms with Gasteiger partial charge in [-0.2, -0.15) is 0 Å². The Morgan fingerprint density at radius 1 is 1.27 bits per heavy atom. The van der Waals surface area contributed by atoms with Crippen LogP contribution in [0.5, 0.6) is 0 Å². The molecular formula is C19H24ClN3O2S. The van der Waals surface area contributed by atoms with E-state index in [1.165, 1.54) is 11.6 Å². The van der Waals surface area contributed by atoms with Gasteiger partial charge in [-0.05, 0) is 68.1 Å². The van der Waals surface area contributed by atoms with E-state index in [0.29, 0.717) is 23.0 Å². The molecular weight excluding hydrogens is 370 g/mol. The first-order chi connectivity index (χ1) is 12.4. The summed E-state index contributed by atoms with van der Waals surface area (Å²) >= 11 is 5.95. The fraction of sp³-hybridized carbons (Fsp3) is 0.421. The number of nitrogens with one attached hydrogen (secondary N) is 1. The summed E-state index contributed by atoms with van der Waals surface area (Å²) in [5.74, 6) is 0.356. The van der Waals surface area contributed by atoms with Crippen molar-refractivity contribution in [1.82, 2.24) is 14.6 Å². The number of hydrogen-bond acceptors (Lipinski definition) is 4. The highest BCUT2D eigenvalue weighted by Gasteiger charge is 2.23. The smallest absolute Gasteiger partial charge is 0.240 e. The van der Waals surface area contributed by atoms with Crippen LogP contribution in [0.3, 0.4) is 0 Å². The van der Waals surface area contributed by atoms with Gasteiger partial charge in [-0.25, -0.2) is 13.1 Å². The number of benzene rings is 1. The van der Waals surface area contributed by atoms with E-state index in [-0.39, 0.29) is 4.90 Å². The molecule has 0 bridgehead atoms. The van der Waals surface area contributed by atoms with E-state index in [0.717, 1.165) is 32.5 Å². The fourth-order valence-electron chi connectivity index (χ4n) is 3.27. The molecule has 0 atom stereocenters. The minimum atomic E-state index is -3.53. The quantitative estimate of drug-likeness (QED) is 0.818. The Morgan fingerprint density at radius 2 is 2.04 bits per heavy atom. The molecule has 0 amide bonds. The summed E-state index contributed by atoms with van der Waals surface area (Å²) in [6.45, 7) is 5.08. The van der Waals surface area contributed by atoms with E-state index in [4.69, 9.17) is 11.6 Å². The number of rotatable bonds is 6. The van der Waals surface area contributed by atoms with Crippen LogP contribution in [0, 0.1) is 12.8 Å². The average Bonchev–Trinajstić information content (AvgIpc) is 2.64. The molecule has 0 aliphatic carbocycles. The SMILES string of the molecule is Cc1ccc(Cl)cc1S(=O)(=O)NCC1CCN(Cc2cccnc2)CC1. The summed E-state index contributed by atoms with van der Waals surface area (Å²) in [7, 11) is -3.53. The number of nitrogens with zero attached hydrogens (tertiary/aromatic N) is 2. The summed E-state index contributed by atoms with van der Waals surface area (Å²) in [5.41, 5.74) is 1.91.